The van der Waals surface area contributed by atoms with E-state index in [9.17, 15) is 22.4 Å². The lowest BCUT2D eigenvalue weighted by Gasteiger charge is -2.33. The van der Waals surface area contributed by atoms with Crippen molar-refractivity contribution in [2.24, 2.45) is 5.92 Å². The maximum absolute atomic E-state index is 13.9. The molecule has 1 atom stereocenters. The Balaban J connectivity index is 1.99. The van der Waals surface area contributed by atoms with Crippen molar-refractivity contribution in [1.29, 1.82) is 0 Å². The largest absolute Gasteiger partial charge is 0.354 e. The van der Waals surface area contributed by atoms with Gasteiger partial charge in [0.15, 0.2) is 0 Å². The number of amides is 2. The van der Waals surface area contributed by atoms with Gasteiger partial charge in [0.05, 0.1) is 12.8 Å². The van der Waals surface area contributed by atoms with Crippen molar-refractivity contribution < 1.29 is 22.4 Å². The van der Waals surface area contributed by atoms with Crippen LogP contribution in [0.1, 0.15) is 43.0 Å². The van der Waals surface area contributed by atoms with Crippen LogP contribution in [0.3, 0.4) is 0 Å². The predicted octanol–water partition coefficient (Wildman–Crippen LogP) is 4.52. The third-order valence-corrected chi connectivity index (χ3v) is 7.46. The Kier molecular flexibility index (Phi) is 10.8. The number of hydrogen-bond donors (Lipinski definition) is 1. The maximum Gasteiger partial charge on any atom is 0.247 e. The Bertz CT molecular complexity index is 1320. The van der Waals surface area contributed by atoms with E-state index in [2.05, 4.69) is 19.2 Å². The van der Waals surface area contributed by atoms with Gasteiger partial charge in [-0.15, -0.1) is 0 Å². The molecule has 7 nitrogen and oxygen atoms in total. The van der Waals surface area contributed by atoms with Crippen molar-refractivity contribution in [3.8, 4) is 0 Å². The van der Waals surface area contributed by atoms with E-state index >= 15 is 0 Å². The van der Waals surface area contributed by atoms with E-state index in [-0.39, 0.29) is 19.0 Å². The fraction of sp³-hybridized carbons (Fsp3) is 0.333. The lowest BCUT2D eigenvalue weighted by Crippen LogP contribution is -2.48. The van der Waals surface area contributed by atoms with Gasteiger partial charge in [-0.3, -0.25) is 9.59 Å². The topological polar surface area (TPSA) is 86.8 Å². The number of nitrogens with zero attached hydrogens (tertiary/aromatic N) is 2. The molecule has 9 heteroatoms. The van der Waals surface area contributed by atoms with Crippen molar-refractivity contribution in [1.82, 2.24) is 14.5 Å². The second-order valence-electron chi connectivity index (χ2n) is 9.95. The molecule has 1 N–H and O–H groups in total. The monoisotopic (exact) mass is 553 g/mol. The minimum atomic E-state index is -3.77. The van der Waals surface area contributed by atoms with Gasteiger partial charge in [-0.1, -0.05) is 86.6 Å². The van der Waals surface area contributed by atoms with Gasteiger partial charge in [0.1, 0.15) is 11.9 Å². The Hall–Kier alpha value is -3.56. The predicted molar refractivity (Wildman–Crippen MR) is 150 cm³/mol. The van der Waals surface area contributed by atoms with E-state index < -0.39 is 34.3 Å². The lowest BCUT2D eigenvalue weighted by atomic mass is 10.0. The molecule has 0 aliphatic heterocycles. The minimum absolute atomic E-state index is 0.00634. The Morgan fingerprint density at radius 1 is 0.846 bits per heavy atom. The zero-order chi connectivity index (χ0) is 28.4. The Morgan fingerprint density at radius 3 is 1.97 bits per heavy atom. The molecule has 39 heavy (non-hydrogen) atoms. The summed E-state index contributed by atoms with van der Waals surface area (Å²) in [6, 6.07) is 22.5. The molecule has 0 fully saturated rings. The molecular formula is C30H36FN3O4S. The van der Waals surface area contributed by atoms with Crippen LogP contribution in [0.4, 0.5) is 4.39 Å². The number of hydrogen-bond acceptors (Lipinski definition) is 4. The number of carbonyl (C=O) groups is 2. The molecule has 0 aliphatic carbocycles. The lowest BCUT2D eigenvalue weighted by molar-refractivity contribution is -0.141. The van der Waals surface area contributed by atoms with Gasteiger partial charge in [0.2, 0.25) is 21.8 Å². The molecule has 0 saturated heterocycles. The van der Waals surface area contributed by atoms with Gasteiger partial charge in [-0.25, -0.2) is 12.8 Å². The summed E-state index contributed by atoms with van der Waals surface area (Å²) >= 11 is 0. The van der Waals surface area contributed by atoms with Crippen LogP contribution >= 0.6 is 0 Å². The third kappa shape index (κ3) is 9.30. The van der Waals surface area contributed by atoms with Crippen LogP contribution < -0.4 is 5.32 Å². The zero-order valence-electron chi connectivity index (χ0n) is 22.6. The van der Waals surface area contributed by atoms with Gasteiger partial charge in [-0.05, 0) is 41.2 Å². The van der Waals surface area contributed by atoms with E-state index in [1.807, 2.05) is 12.1 Å². The molecular weight excluding hydrogens is 517 g/mol. The van der Waals surface area contributed by atoms with Crippen molar-refractivity contribution in [2.75, 3.05) is 19.3 Å². The molecule has 0 bridgehead atoms. The number of sulfonamides is 1. The summed E-state index contributed by atoms with van der Waals surface area (Å²) in [4.78, 5) is 28.9. The molecule has 0 unspecified atom stereocenters. The smallest absolute Gasteiger partial charge is 0.247 e. The van der Waals surface area contributed by atoms with Crippen LogP contribution in [-0.2, 0) is 32.7 Å². The molecule has 3 aromatic carbocycles. The molecule has 3 rings (SSSR count). The normalized spacial score (nSPS) is 12.4. The van der Waals surface area contributed by atoms with Gasteiger partial charge in [0.25, 0.3) is 0 Å². The minimum Gasteiger partial charge on any atom is -0.354 e. The molecule has 208 valence electrons. The van der Waals surface area contributed by atoms with Crippen LogP contribution in [-0.4, -0.2) is 48.8 Å². The molecule has 0 aromatic heterocycles. The van der Waals surface area contributed by atoms with Crippen molar-refractivity contribution >= 4 is 21.8 Å². The number of halogens is 1. The summed E-state index contributed by atoms with van der Waals surface area (Å²) in [6.07, 6.45) is 1.82. The Morgan fingerprint density at radius 2 is 1.41 bits per heavy atom. The third-order valence-electron chi connectivity index (χ3n) is 6.27. The van der Waals surface area contributed by atoms with Gasteiger partial charge in [-0.2, -0.15) is 4.31 Å². The average molecular weight is 554 g/mol. The van der Waals surface area contributed by atoms with Crippen molar-refractivity contribution in [3.63, 3.8) is 0 Å². The van der Waals surface area contributed by atoms with Crippen molar-refractivity contribution in [3.05, 3.63) is 107 Å². The van der Waals surface area contributed by atoms with Gasteiger partial charge < -0.3 is 10.2 Å². The molecule has 3 aromatic rings. The first-order chi connectivity index (χ1) is 18.5. The quantitative estimate of drug-likeness (QED) is 0.337. The second kappa shape index (κ2) is 14.0. The summed E-state index contributed by atoms with van der Waals surface area (Å²) < 4.78 is 40.1. The van der Waals surface area contributed by atoms with Crippen LogP contribution in [0, 0.1) is 11.7 Å². The van der Waals surface area contributed by atoms with E-state index in [1.165, 1.54) is 17.0 Å². The summed E-state index contributed by atoms with van der Waals surface area (Å²) in [6.45, 7) is 4.07. The molecule has 0 saturated carbocycles. The standard InChI is InChI=1S/C30H36FN3O4S/c1-23(2)18-19-32-30(36)29(26-12-8-5-9-13-26)34(21-25-14-16-27(31)17-15-25)28(35)22-33(39(3,37)38)20-24-10-6-4-7-11-24/h4-17,23,29H,18-22H2,1-3H3,(H,32,36)/t29-/m1/s1. The molecule has 0 aliphatic rings. The van der Waals surface area contributed by atoms with Crippen LogP contribution in [0.2, 0.25) is 0 Å². The van der Waals surface area contributed by atoms with E-state index in [1.54, 1.807) is 60.7 Å². The highest BCUT2D eigenvalue weighted by Gasteiger charge is 2.33. The fourth-order valence-corrected chi connectivity index (χ4v) is 4.85. The highest BCUT2D eigenvalue weighted by Crippen LogP contribution is 2.25. The molecule has 0 heterocycles. The van der Waals surface area contributed by atoms with Gasteiger partial charge >= 0.3 is 0 Å². The summed E-state index contributed by atoms with van der Waals surface area (Å²) in [7, 11) is -3.77. The summed E-state index contributed by atoms with van der Waals surface area (Å²) in [5.41, 5.74) is 1.92. The average Bonchev–Trinajstić information content (AvgIpc) is 2.89. The Labute approximate surface area is 230 Å². The number of rotatable bonds is 13. The molecule has 2 amide bonds. The fourth-order valence-electron chi connectivity index (χ4n) is 4.12. The maximum atomic E-state index is 13.9. The van der Waals surface area contributed by atoms with E-state index in [0.29, 0.717) is 23.6 Å². The van der Waals surface area contributed by atoms with E-state index in [4.69, 9.17) is 0 Å². The highest BCUT2D eigenvalue weighted by atomic mass is 32.2. The summed E-state index contributed by atoms with van der Waals surface area (Å²) in [5.74, 6) is -0.965. The van der Waals surface area contributed by atoms with Crippen LogP contribution in [0.25, 0.3) is 0 Å². The SMILES string of the molecule is CC(C)CCNC(=O)[C@@H](c1ccccc1)N(Cc1ccc(F)cc1)C(=O)CN(Cc1ccccc1)S(C)(=O)=O. The zero-order valence-corrected chi connectivity index (χ0v) is 23.4. The summed E-state index contributed by atoms with van der Waals surface area (Å²) in [5, 5.41) is 2.94. The first-order valence-corrected chi connectivity index (χ1v) is 14.7. The molecule has 0 spiro atoms. The first kappa shape index (κ1) is 30.0. The number of nitrogens with one attached hydrogen (secondary N) is 1. The first-order valence-electron chi connectivity index (χ1n) is 12.9. The second-order valence-corrected chi connectivity index (χ2v) is 11.9. The van der Waals surface area contributed by atoms with Gasteiger partial charge in [0, 0.05) is 19.6 Å². The van der Waals surface area contributed by atoms with Crippen LogP contribution in [0.15, 0.2) is 84.9 Å². The van der Waals surface area contributed by atoms with Crippen molar-refractivity contribution in [2.45, 2.75) is 39.4 Å². The van der Waals surface area contributed by atoms with E-state index in [0.717, 1.165) is 22.5 Å². The number of benzene rings is 3. The van der Waals surface area contributed by atoms with Crippen LogP contribution in [0.5, 0.6) is 0 Å². The number of carbonyl (C=O) groups excluding carboxylic acids is 2. The highest BCUT2D eigenvalue weighted by molar-refractivity contribution is 7.88. The molecule has 0 radical (unpaired) electrons.